The van der Waals surface area contributed by atoms with E-state index in [9.17, 15) is 0 Å². The van der Waals surface area contributed by atoms with Gasteiger partial charge in [0.2, 0.25) is 0 Å². The summed E-state index contributed by atoms with van der Waals surface area (Å²) in [6.07, 6.45) is 0. The molecule has 0 aliphatic carbocycles. The number of anilines is 3. The molecule has 0 amide bonds. The Labute approximate surface area is 370 Å². The molecule has 13 aromatic rings. The van der Waals surface area contributed by atoms with Crippen LogP contribution >= 0.6 is 0 Å². The normalized spacial score (nSPS) is 11.8. The molecule has 0 aliphatic rings. The zero-order valence-corrected chi connectivity index (χ0v) is 34.9. The van der Waals surface area contributed by atoms with E-state index in [0.29, 0.717) is 0 Å². The number of hydrogen-bond acceptors (Lipinski definition) is 2. The van der Waals surface area contributed by atoms with E-state index in [1.165, 1.54) is 70.7 Å². The van der Waals surface area contributed by atoms with Crippen LogP contribution in [0, 0.1) is 0 Å². The van der Waals surface area contributed by atoms with Crippen LogP contribution in [0.25, 0.3) is 109 Å². The van der Waals surface area contributed by atoms with Crippen molar-refractivity contribution >= 4 is 92.9 Å². The molecule has 298 valence electrons. The number of nitrogens with zero attached hydrogens (tertiary/aromatic N) is 1. The molecular formula is C62H39NO. The first kappa shape index (κ1) is 36.2. The van der Waals surface area contributed by atoms with Crippen LogP contribution in [-0.4, -0.2) is 0 Å². The second-order valence-corrected chi connectivity index (χ2v) is 16.9. The van der Waals surface area contributed by atoms with Gasteiger partial charge < -0.3 is 9.32 Å². The summed E-state index contributed by atoms with van der Waals surface area (Å²) in [6, 6.07) is 86.0. The van der Waals surface area contributed by atoms with Gasteiger partial charge in [-0.2, -0.15) is 0 Å². The third-order valence-electron chi connectivity index (χ3n) is 13.2. The molecule has 0 aliphatic heterocycles. The maximum absolute atomic E-state index is 6.56. The highest BCUT2D eigenvalue weighted by Gasteiger charge is 2.18. The highest BCUT2D eigenvalue weighted by atomic mass is 16.3. The van der Waals surface area contributed by atoms with Crippen molar-refractivity contribution in [2.45, 2.75) is 0 Å². The fourth-order valence-electron chi connectivity index (χ4n) is 10.0. The SMILES string of the molecule is c1ccc2c(c1)ccc1cc(-c3ccc(N(c4ccc(-c5ccc6c(ccc7ccccc76)c5)cc4)c4ccc(-c5cccc6oc7c8ccccc8ccc7c56)cc4)cc3)ccc12. The van der Waals surface area contributed by atoms with Crippen LogP contribution < -0.4 is 4.90 Å². The molecule has 0 N–H and O–H groups in total. The molecule has 0 fully saturated rings. The Hall–Kier alpha value is -8.46. The van der Waals surface area contributed by atoms with Crippen LogP contribution in [0.2, 0.25) is 0 Å². The summed E-state index contributed by atoms with van der Waals surface area (Å²) in [7, 11) is 0. The lowest BCUT2D eigenvalue weighted by Crippen LogP contribution is -2.09. The van der Waals surface area contributed by atoms with Crippen LogP contribution in [-0.2, 0) is 0 Å². The van der Waals surface area contributed by atoms with E-state index in [1.807, 2.05) is 0 Å². The molecule has 1 aromatic heterocycles. The Morgan fingerprint density at radius 1 is 0.266 bits per heavy atom. The van der Waals surface area contributed by atoms with Gasteiger partial charge in [-0.1, -0.05) is 176 Å². The largest absolute Gasteiger partial charge is 0.455 e. The van der Waals surface area contributed by atoms with Crippen molar-refractivity contribution < 1.29 is 4.42 Å². The third kappa shape index (κ3) is 5.95. The summed E-state index contributed by atoms with van der Waals surface area (Å²) in [6.45, 7) is 0. The quantitative estimate of drug-likeness (QED) is 0.156. The summed E-state index contributed by atoms with van der Waals surface area (Å²) in [4.78, 5) is 2.36. The molecule has 0 bridgehead atoms. The van der Waals surface area contributed by atoms with Crippen molar-refractivity contribution in [3.05, 3.63) is 237 Å². The minimum Gasteiger partial charge on any atom is -0.455 e. The van der Waals surface area contributed by atoms with Gasteiger partial charge in [-0.15, -0.1) is 0 Å². The molecule has 2 nitrogen and oxygen atoms in total. The molecule has 0 unspecified atom stereocenters. The lowest BCUT2D eigenvalue weighted by molar-refractivity contribution is 0.673. The molecule has 0 atom stereocenters. The summed E-state index contributed by atoms with van der Waals surface area (Å²) in [5.41, 5.74) is 12.1. The van der Waals surface area contributed by atoms with E-state index in [1.54, 1.807) is 0 Å². The number of hydrogen-bond donors (Lipinski definition) is 0. The predicted molar refractivity (Wildman–Crippen MR) is 272 cm³/mol. The van der Waals surface area contributed by atoms with Crippen LogP contribution in [0.5, 0.6) is 0 Å². The van der Waals surface area contributed by atoms with E-state index in [0.717, 1.165) is 55.5 Å². The van der Waals surface area contributed by atoms with E-state index in [2.05, 4.69) is 241 Å². The third-order valence-corrected chi connectivity index (χ3v) is 13.2. The Kier molecular flexibility index (Phi) is 8.25. The van der Waals surface area contributed by atoms with Crippen LogP contribution in [0.1, 0.15) is 0 Å². The maximum Gasteiger partial charge on any atom is 0.143 e. The summed E-state index contributed by atoms with van der Waals surface area (Å²) >= 11 is 0. The van der Waals surface area contributed by atoms with Crippen LogP contribution in [0.15, 0.2) is 241 Å². The number of furan rings is 1. The van der Waals surface area contributed by atoms with Crippen molar-refractivity contribution in [1.82, 2.24) is 0 Å². The maximum atomic E-state index is 6.56. The number of fused-ring (bicyclic) bond motifs is 11. The van der Waals surface area contributed by atoms with Crippen molar-refractivity contribution in [2.24, 2.45) is 0 Å². The first-order valence-corrected chi connectivity index (χ1v) is 22.0. The van der Waals surface area contributed by atoms with Gasteiger partial charge in [-0.05, 0) is 143 Å². The molecule has 64 heavy (non-hydrogen) atoms. The van der Waals surface area contributed by atoms with Gasteiger partial charge in [-0.25, -0.2) is 0 Å². The zero-order valence-electron chi connectivity index (χ0n) is 34.9. The van der Waals surface area contributed by atoms with Gasteiger partial charge in [0, 0.05) is 33.2 Å². The van der Waals surface area contributed by atoms with Crippen molar-refractivity contribution in [1.29, 1.82) is 0 Å². The predicted octanol–water partition coefficient (Wildman–Crippen LogP) is 17.8. The van der Waals surface area contributed by atoms with E-state index in [-0.39, 0.29) is 0 Å². The van der Waals surface area contributed by atoms with Crippen LogP contribution in [0.3, 0.4) is 0 Å². The second-order valence-electron chi connectivity index (χ2n) is 16.9. The molecule has 0 saturated heterocycles. The van der Waals surface area contributed by atoms with E-state index < -0.39 is 0 Å². The van der Waals surface area contributed by atoms with E-state index in [4.69, 9.17) is 4.42 Å². The van der Waals surface area contributed by atoms with Crippen LogP contribution in [0.4, 0.5) is 17.1 Å². The average Bonchev–Trinajstić information content (AvgIpc) is 3.76. The van der Waals surface area contributed by atoms with Gasteiger partial charge in [0.05, 0.1) is 0 Å². The molecule has 0 saturated carbocycles. The Morgan fingerprint density at radius 3 is 1.22 bits per heavy atom. The Morgan fingerprint density at radius 2 is 0.672 bits per heavy atom. The highest BCUT2D eigenvalue weighted by molar-refractivity contribution is 6.19. The van der Waals surface area contributed by atoms with Gasteiger partial charge in [-0.3, -0.25) is 0 Å². The van der Waals surface area contributed by atoms with Crippen molar-refractivity contribution in [2.75, 3.05) is 4.90 Å². The van der Waals surface area contributed by atoms with Gasteiger partial charge in [0.15, 0.2) is 0 Å². The number of rotatable bonds is 6. The highest BCUT2D eigenvalue weighted by Crippen LogP contribution is 2.42. The van der Waals surface area contributed by atoms with Crippen molar-refractivity contribution in [3.63, 3.8) is 0 Å². The summed E-state index contributed by atoms with van der Waals surface area (Å²) < 4.78 is 6.56. The monoisotopic (exact) mass is 813 g/mol. The molecular weight excluding hydrogens is 775 g/mol. The molecule has 1 heterocycles. The van der Waals surface area contributed by atoms with Gasteiger partial charge in [0.25, 0.3) is 0 Å². The fourth-order valence-corrected chi connectivity index (χ4v) is 10.0. The van der Waals surface area contributed by atoms with Gasteiger partial charge in [0.1, 0.15) is 11.2 Å². The second kappa shape index (κ2) is 14.6. The fraction of sp³-hybridized carbons (Fsp3) is 0. The minimum atomic E-state index is 0.897. The Bertz CT molecular complexity index is 3770. The number of benzene rings is 12. The smallest absolute Gasteiger partial charge is 0.143 e. The van der Waals surface area contributed by atoms with Crippen molar-refractivity contribution in [3.8, 4) is 33.4 Å². The zero-order chi connectivity index (χ0) is 42.1. The first-order valence-electron chi connectivity index (χ1n) is 22.0. The lowest BCUT2D eigenvalue weighted by Gasteiger charge is -2.26. The van der Waals surface area contributed by atoms with E-state index >= 15 is 0 Å². The molecule has 2 heteroatoms. The average molecular weight is 814 g/mol. The summed E-state index contributed by atoms with van der Waals surface area (Å²) in [5.74, 6) is 0. The Balaban J connectivity index is 0.888. The molecule has 0 radical (unpaired) electrons. The molecule has 12 aromatic carbocycles. The topological polar surface area (TPSA) is 16.4 Å². The minimum absolute atomic E-state index is 0.897. The molecule has 0 spiro atoms. The van der Waals surface area contributed by atoms with Gasteiger partial charge >= 0.3 is 0 Å². The summed E-state index contributed by atoms with van der Waals surface area (Å²) in [5, 5.41) is 14.7. The molecule has 13 rings (SSSR count). The standard InChI is InChI=1S/C62H39NO/c1-4-11-53-42(8-1)16-18-48-38-46(27-35-55(48)53)40-20-29-50(30-21-40)63(51-31-22-41(23-32-51)47-28-36-56-49(39-47)19-17-43-9-2-5-12-54(43)56)52-33-24-45(25-34-52)57-14-7-15-60-61(57)59-37-26-44-10-3-6-13-58(44)62(59)64-60/h1-39H. The first-order chi connectivity index (χ1) is 31.7. The lowest BCUT2D eigenvalue weighted by atomic mass is 9.96.